The number of ether oxygens (including phenoxy) is 1. The Morgan fingerprint density at radius 3 is 2.65 bits per heavy atom. The van der Waals surface area contributed by atoms with Crippen molar-refractivity contribution in [1.82, 2.24) is 15.0 Å². The van der Waals surface area contributed by atoms with Crippen molar-refractivity contribution in [2.75, 3.05) is 11.1 Å². The zero-order valence-electron chi connectivity index (χ0n) is 17.6. The van der Waals surface area contributed by atoms with Crippen LogP contribution in [-0.4, -0.2) is 20.9 Å². The summed E-state index contributed by atoms with van der Waals surface area (Å²) in [5.74, 6) is 0.192. The molecular weight excluding hydrogens is 394 g/mol. The second-order valence-electron chi connectivity index (χ2n) is 7.40. The number of furan rings is 1. The number of aryl methyl sites for hydroxylation is 3. The van der Waals surface area contributed by atoms with Crippen molar-refractivity contribution in [2.24, 2.45) is 0 Å². The summed E-state index contributed by atoms with van der Waals surface area (Å²) < 4.78 is 11.0. The number of nitrogen functional groups attached to an aromatic ring is 1. The minimum Gasteiger partial charge on any atom is -0.464 e. The van der Waals surface area contributed by atoms with E-state index in [1.54, 1.807) is 6.26 Å². The molecule has 0 spiro atoms. The van der Waals surface area contributed by atoms with Crippen LogP contribution in [-0.2, 0) is 22.6 Å². The van der Waals surface area contributed by atoms with E-state index in [1.807, 2.05) is 57.2 Å². The molecule has 8 heteroatoms. The standard InChI is InChI=1S/C23H23N5O3/c1-13-6-4-5-7-18(13)25-23-27-20(26-22(24)28-23)12-31-21(29)10-16-11-30-19-9-15(3)14(2)8-17(16)19/h4-9,11H,10,12H2,1-3H3,(H3,24,25,26,27,28). The summed E-state index contributed by atoms with van der Waals surface area (Å²) in [4.78, 5) is 24.9. The Balaban J connectivity index is 1.43. The van der Waals surface area contributed by atoms with Crippen LogP contribution in [0.15, 0.2) is 47.1 Å². The number of nitrogens with two attached hydrogens (primary N) is 1. The van der Waals surface area contributed by atoms with E-state index >= 15 is 0 Å². The van der Waals surface area contributed by atoms with Crippen molar-refractivity contribution in [2.45, 2.75) is 33.8 Å². The van der Waals surface area contributed by atoms with Gasteiger partial charge in [-0.05, 0) is 55.7 Å². The van der Waals surface area contributed by atoms with Crippen LogP contribution in [0.5, 0.6) is 0 Å². The summed E-state index contributed by atoms with van der Waals surface area (Å²) >= 11 is 0. The van der Waals surface area contributed by atoms with Gasteiger partial charge in [0, 0.05) is 16.6 Å². The van der Waals surface area contributed by atoms with Crippen molar-refractivity contribution in [3.63, 3.8) is 0 Å². The van der Waals surface area contributed by atoms with Gasteiger partial charge in [-0.2, -0.15) is 15.0 Å². The number of carbonyl (C=O) groups is 1. The molecule has 0 saturated carbocycles. The average Bonchev–Trinajstić information content (AvgIpc) is 3.09. The molecule has 2 aromatic heterocycles. The summed E-state index contributed by atoms with van der Waals surface area (Å²) in [6.07, 6.45) is 1.68. The molecule has 4 aromatic rings. The minimum absolute atomic E-state index is 0.0452. The number of rotatable bonds is 6. The minimum atomic E-state index is -0.409. The van der Waals surface area contributed by atoms with E-state index in [9.17, 15) is 4.79 Å². The van der Waals surface area contributed by atoms with Crippen LogP contribution >= 0.6 is 0 Å². The Kier molecular flexibility index (Phi) is 5.53. The van der Waals surface area contributed by atoms with Gasteiger partial charge in [0.2, 0.25) is 11.9 Å². The lowest BCUT2D eigenvalue weighted by Crippen LogP contribution is -2.12. The number of benzene rings is 2. The molecule has 0 aliphatic rings. The fraction of sp³-hybridized carbons (Fsp3) is 0.217. The predicted octanol–water partition coefficient (Wildman–Crippen LogP) is 4.15. The molecule has 31 heavy (non-hydrogen) atoms. The Hall–Kier alpha value is -3.94. The number of hydrogen-bond acceptors (Lipinski definition) is 8. The van der Waals surface area contributed by atoms with E-state index in [1.165, 1.54) is 0 Å². The van der Waals surface area contributed by atoms with E-state index in [2.05, 4.69) is 20.3 Å². The third-order valence-corrected chi connectivity index (χ3v) is 5.06. The molecule has 2 heterocycles. The number of aromatic nitrogens is 3. The lowest BCUT2D eigenvalue weighted by atomic mass is 10.0. The number of esters is 1. The van der Waals surface area contributed by atoms with Crippen LogP contribution in [0.2, 0.25) is 0 Å². The van der Waals surface area contributed by atoms with E-state index < -0.39 is 5.97 Å². The van der Waals surface area contributed by atoms with Crippen LogP contribution < -0.4 is 11.1 Å². The van der Waals surface area contributed by atoms with Crippen LogP contribution in [0.25, 0.3) is 11.0 Å². The van der Waals surface area contributed by atoms with Gasteiger partial charge >= 0.3 is 5.97 Å². The van der Waals surface area contributed by atoms with Crippen molar-refractivity contribution >= 4 is 34.5 Å². The Morgan fingerprint density at radius 2 is 1.84 bits per heavy atom. The summed E-state index contributed by atoms with van der Waals surface area (Å²) in [5.41, 5.74) is 11.5. The number of nitrogens with one attached hydrogen (secondary N) is 1. The highest BCUT2D eigenvalue weighted by Gasteiger charge is 2.14. The van der Waals surface area contributed by atoms with Crippen molar-refractivity contribution in [3.05, 3.63) is 70.7 Å². The second-order valence-corrected chi connectivity index (χ2v) is 7.40. The molecule has 0 aliphatic heterocycles. The number of nitrogens with zero attached hydrogens (tertiary/aromatic N) is 3. The number of fused-ring (bicyclic) bond motifs is 1. The number of para-hydroxylation sites is 1. The Morgan fingerprint density at radius 1 is 1.06 bits per heavy atom. The number of hydrogen-bond donors (Lipinski definition) is 2. The maximum atomic E-state index is 12.4. The smallest absolute Gasteiger partial charge is 0.310 e. The molecule has 0 fully saturated rings. The van der Waals surface area contributed by atoms with Crippen molar-refractivity contribution in [3.8, 4) is 0 Å². The molecule has 8 nitrogen and oxygen atoms in total. The molecule has 0 atom stereocenters. The summed E-state index contributed by atoms with van der Waals surface area (Å²) in [6.45, 7) is 5.91. The quantitative estimate of drug-likeness (QED) is 0.449. The van der Waals surface area contributed by atoms with Crippen molar-refractivity contribution in [1.29, 1.82) is 0 Å². The number of carbonyl (C=O) groups excluding carboxylic acids is 1. The van der Waals surface area contributed by atoms with Crippen LogP contribution in [0.3, 0.4) is 0 Å². The first kappa shape index (κ1) is 20.3. The fourth-order valence-electron chi connectivity index (χ4n) is 3.22. The van der Waals surface area contributed by atoms with Gasteiger partial charge in [-0.25, -0.2) is 0 Å². The van der Waals surface area contributed by atoms with Gasteiger partial charge in [0.15, 0.2) is 12.4 Å². The predicted molar refractivity (Wildman–Crippen MR) is 118 cm³/mol. The molecule has 3 N–H and O–H groups in total. The van der Waals surface area contributed by atoms with Gasteiger partial charge in [-0.15, -0.1) is 0 Å². The molecule has 0 amide bonds. The molecule has 0 bridgehead atoms. The highest BCUT2D eigenvalue weighted by atomic mass is 16.5. The summed E-state index contributed by atoms with van der Waals surface area (Å²) in [6, 6.07) is 11.7. The Labute approximate surface area is 179 Å². The molecule has 2 aromatic carbocycles. The van der Waals surface area contributed by atoms with E-state index in [-0.39, 0.29) is 24.8 Å². The SMILES string of the molecule is Cc1cc2occ(CC(=O)OCc3nc(N)nc(Nc4ccccc4C)n3)c2cc1C. The summed E-state index contributed by atoms with van der Waals surface area (Å²) in [7, 11) is 0. The first-order valence-electron chi connectivity index (χ1n) is 9.85. The second kappa shape index (κ2) is 8.43. The third kappa shape index (κ3) is 4.63. The van der Waals surface area contributed by atoms with Crippen LogP contribution in [0.4, 0.5) is 17.6 Å². The van der Waals surface area contributed by atoms with E-state index in [0.717, 1.165) is 38.9 Å². The van der Waals surface area contributed by atoms with Gasteiger partial charge in [-0.3, -0.25) is 4.79 Å². The molecule has 158 valence electrons. The molecule has 0 unspecified atom stereocenters. The zero-order chi connectivity index (χ0) is 22.0. The maximum absolute atomic E-state index is 12.4. The van der Waals surface area contributed by atoms with Crippen LogP contribution in [0.1, 0.15) is 28.1 Å². The van der Waals surface area contributed by atoms with E-state index in [0.29, 0.717) is 5.95 Å². The van der Waals surface area contributed by atoms with Crippen molar-refractivity contribution < 1.29 is 13.9 Å². The van der Waals surface area contributed by atoms with Gasteiger partial charge in [0.25, 0.3) is 0 Å². The highest BCUT2D eigenvalue weighted by Crippen LogP contribution is 2.25. The first-order valence-corrected chi connectivity index (χ1v) is 9.85. The molecule has 0 aliphatic carbocycles. The zero-order valence-corrected chi connectivity index (χ0v) is 17.6. The first-order chi connectivity index (χ1) is 14.9. The van der Waals surface area contributed by atoms with Crippen LogP contribution in [0, 0.1) is 20.8 Å². The summed E-state index contributed by atoms with van der Waals surface area (Å²) in [5, 5.41) is 4.02. The van der Waals surface area contributed by atoms with E-state index in [4.69, 9.17) is 14.9 Å². The lowest BCUT2D eigenvalue weighted by molar-refractivity contribution is -0.144. The topological polar surface area (TPSA) is 116 Å². The molecular formula is C23H23N5O3. The third-order valence-electron chi connectivity index (χ3n) is 5.06. The molecule has 0 radical (unpaired) electrons. The van der Waals surface area contributed by atoms with Gasteiger partial charge in [0.1, 0.15) is 5.58 Å². The molecule has 4 rings (SSSR count). The largest absolute Gasteiger partial charge is 0.464 e. The average molecular weight is 417 g/mol. The normalized spacial score (nSPS) is 10.9. The van der Waals surface area contributed by atoms with Gasteiger partial charge in [0.05, 0.1) is 12.7 Å². The highest BCUT2D eigenvalue weighted by molar-refractivity contribution is 5.86. The Bertz CT molecular complexity index is 1270. The van der Waals surface area contributed by atoms with Gasteiger partial charge < -0.3 is 20.2 Å². The van der Waals surface area contributed by atoms with Gasteiger partial charge in [-0.1, -0.05) is 18.2 Å². The number of anilines is 3. The monoisotopic (exact) mass is 417 g/mol. The lowest BCUT2D eigenvalue weighted by Gasteiger charge is -2.09. The fourth-order valence-corrected chi connectivity index (χ4v) is 3.22. The molecule has 0 saturated heterocycles. The maximum Gasteiger partial charge on any atom is 0.310 e.